The van der Waals surface area contributed by atoms with Gasteiger partial charge < -0.3 is 10.2 Å². The molecular formula is C17H25N5. The Morgan fingerprint density at radius 3 is 2.50 bits per heavy atom. The predicted octanol–water partition coefficient (Wildman–Crippen LogP) is 3.86. The van der Waals surface area contributed by atoms with E-state index >= 15 is 0 Å². The highest BCUT2D eigenvalue weighted by Gasteiger charge is 2.10. The molecule has 22 heavy (non-hydrogen) atoms. The number of rotatable bonds is 7. The molecule has 5 nitrogen and oxygen atoms in total. The Labute approximate surface area is 132 Å². The molecule has 1 aromatic heterocycles. The minimum Gasteiger partial charge on any atom is -0.339 e. The number of benzene rings is 1. The summed E-state index contributed by atoms with van der Waals surface area (Å²) < 4.78 is 0. The van der Waals surface area contributed by atoms with Crippen molar-refractivity contribution in [2.75, 3.05) is 23.3 Å². The van der Waals surface area contributed by atoms with E-state index in [0.717, 1.165) is 37.4 Å². The Bertz CT molecular complexity index is 606. The summed E-state index contributed by atoms with van der Waals surface area (Å²) in [5.41, 5.74) is 3.46. The van der Waals surface area contributed by atoms with E-state index in [0.29, 0.717) is 5.95 Å². The van der Waals surface area contributed by atoms with Crippen LogP contribution in [0.1, 0.15) is 37.8 Å². The van der Waals surface area contributed by atoms with Gasteiger partial charge in [-0.3, -0.25) is 0 Å². The summed E-state index contributed by atoms with van der Waals surface area (Å²) in [6, 6.07) is 6.33. The minimum absolute atomic E-state index is 0.694. The van der Waals surface area contributed by atoms with Crippen LogP contribution in [0.4, 0.5) is 17.5 Å². The van der Waals surface area contributed by atoms with Crippen molar-refractivity contribution in [2.24, 2.45) is 0 Å². The average Bonchev–Trinajstić information content (AvgIpc) is 2.51. The van der Waals surface area contributed by atoms with Crippen molar-refractivity contribution in [3.05, 3.63) is 35.5 Å². The van der Waals surface area contributed by atoms with Crippen molar-refractivity contribution in [3.63, 3.8) is 0 Å². The molecule has 1 N–H and O–H groups in total. The van der Waals surface area contributed by atoms with Crippen molar-refractivity contribution < 1.29 is 0 Å². The van der Waals surface area contributed by atoms with Crippen LogP contribution in [0.25, 0.3) is 0 Å². The fourth-order valence-corrected chi connectivity index (χ4v) is 2.35. The maximum Gasteiger partial charge on any atom is 0.247 e. The molecule has 0 atom stereocenters. The standard InChI is InChI=1S/C17H25N5/c1-5-9-22(10-6-2)17-20-16(12-18-21-17)19-15-11-13(3)7-8-14(15)4/h7-8,11-12H,5-6,9-10H2,1-4H3,(H,19,20,21). The lowest BCUT2D eigenvalue weighted by Crippen LogP contribution is -2.27. The molecule has 0 aliphatic carbocycles. The molecule has 0 aliphatic rings. The summed E-state index contributed by atoms with van der Waals surface area (Å²) in [6.45, 7) is 10.4. The van der Waals surface area contributed by atoms with Gasteiger partial charge in [0.05, 0.1) is 6.20 Å². The van der Waals surface area contributed by atoms with E-state index in [-0.39, 0.29) is 0 Å². The Morgan fingerprint density at radius 1 is 1.09 bits per heavy atom. The lowest BCUT2D eigenvalue weighted by Gasteiger charge is -2.21. The summed E-state index contributed by atoms with van der Waals surface area (Å²) in [5.74, 6) is 1.43. The number of aromatic nitrogens is 3. The van der Waals surface area contributed by atoms with Gasteiger partial charge in [0.15, 0.2) is 5.82 Å². The van der Waals surface area contributed by atoms with E-state index in [1.54, 1.807) is 6.20 Å². The number of aryl methyl sites for hydroxylation is 2. The lowest BCUT2D eigenvalue weighted by molar-refractivity contribution is 0.711. The molecule has 1 aromatic carbocycles. The van der Waals surface area contributed by atoms with Crippen LogP contribution in [0.15, 0.2) is 24.4 Å². The number of anilines is 3. The summed E-state index contributed by atoms with van der Waals surface area (Å²) >= 11 is 0. The van der Waals surface area contributed by atoms with Crippen LogP contribution in [0, 0.1) is 13.8 Å². The van der Waals surface area contributed by atoms with Crippen LogP contribution in [0.2, 0.25) is 0 Å². The average molecular weight is 299 g/mol. The van der Waals surface area contributed by atoms with Gasteiger partial charge >= 0.3 is 0 Å². The van der Waals surface area contributed by atoms with Crippen LogP contribution in [-0.2, 0) is 0 Å². The molecule has 2 rings (SSSR count). The van der Waals surface area contributed by atoms with Gasteiger partial charge in [-0.2, -0.15) is 10.1 Å². The van der Waals surface area contributed by atoms with E-state index < -0.39 is 0 Å². The first-order valence-corrected chi connectivity index (χ1v) is 7.93. The van der Waals surface area contributed by atoms with Gasteiger partial charge in [-0.1, -0.05) is 26.0 Å². The Hall–Kier alpha value is -2.17. The van der Waals surface area contributed by atoms with Crippen LogP contribution in [-0.4, -0.2) is 28.3 Å². The third-order valence-electron chi connectivity index (χ3n) is 3.47. The molecule has 0 unspecified atom stereocenters. The van der Waals surface area contributed by atoms with Gasteiger partial charge in [-0.15, -0.1) is 5.10 Å². The molecule has 0 fully saturated rings. The topological polar surface area (TPSA) is 53.9 Å². The highest BCUT2D eigenvalue weighted by Crippen LogP contribution is 2.21. The zero-order valence-electron chi connectivity index (χ0n) is 13.9. The molecule has 0 spiro atoms. The Kier molecular flexibility index (Phi) is 5.69. The molecule has 0 saturated heterocycles. The van der Waals surface area contributed by atoms with E-state index in [4.69, 9.17) is 0 Å². The van der Waals surface area contributed by atoms with Crippen molar-refractivity contribution in [2.45, 2.75) is 40.5 Å². The normalized spacial score (nSPS) is 10.5. The maximum absolute atomic E-state index is 4.62. The summed E-state index contributed by atoms with van der Waals surface area (Å²) in [5, 5.41) is 11.6. The molecule has 0 saturated carbocycles. The largest absolute Gasteiger partial charge is 0.339 e. The molecule has 118 valence electrons. The van der Waals surface area contributed by atoms with E-state index in [9.17, 15) is 0 Å². The molecule has 0 radical (unpaired) electrons. The zero-order chi connectivity index (χ0) is 15.9. The van der Waals surface area contributed by atoms with Gasteiger partial charge in [-0.05, 0) is 43.9 Å². The Morgan fingerprint density at radius 2 is 1.82 bits per heavy atom. The van der Waals surface area contributed by atoms with Crippen LogP contribution in [0.3, 0.4) is 0 Å². The van der Waals surface area contributed by atoms with Gasteiger partial charge in [0.1, 0.15) is 0 Å². The summed E-state index contributed by atoms with van der Waals surface area (Å²) in [7, 11) is 0. The lowest BCUT2D eigenvalue weighted by atomic mass is 10.1. The first-order chi connectivity index (χ1) is 10.6. The van der Waals surface area contributed by atoms with Crippen molar-refractivity contribution in [1.82, 2.24) is 15.2 Å². The smallest absolute Gasteiger partial charge is 0.247 e. The van der Waals surface area contributed by atoms with Crippen LogP contribution < -0.4 is 10.2 Å². The second-order valence-electron chi connectivity index (χ2n) is 5.57. The molecule has 0 aliphatic heterocycles. The third kappa shape index (κ3) is 4.16. The van der Waals surface area contributed by atoms with Gasteiger partial charge in [0, 0.05) is 18.8 Å². The number of hydrogen-bond acceptors (Lipinski definition) is 5. The molecule has 2 aromatic rings. The number of hydrogen-bond donors (Lipinski definition) is 1. The number of nitrogens with zero attached hydrogens (tertiary/aromatic N) is 4. The van der Waals surface area contributed by atoms with Crippen molar-refractivity contribution >= 4 is 17.5 Å². The van der Waals surface area contributed by atoms with Crippen molar-refractivity contribution in [3.8, 4) is 0 Å². The van der Waals surface area contributed by atoms with E-state index in [1.165, 1.54) is 11.1 Å². The fourth-order valence-electron chi connectivity index (χ4n) is 2.35. The third-order valence-corrected chi connectivity index (χ3v) is 3.47. The Balaban J connectivity index is 2.22. The quantitative estimate of drug-likeness (QED) is 0.841. The fraction of sp³-hybridized carbons (Fsp3) is 0.471. The van der Waals surface area contributed by atoms with E-state index in [1.807, 2.05) is 0 Å². The highest BCUT2D eigenvalue weighted by atomic mass is 15.3. The van der Waals surface area contributed by atoms with Gasteiger partial charge in [0.25, 0.3) is 0 Å². The summed E-state index contributed by atoms with van der Waals surface area (Å²) in [4.78, 5) is 6.80. The first kappa shape index (κ1) is 16.2. The second-order valence-corrected chi connectivity index (χ2v) is 5.57. The van der Waals surface area contributed by atoms with E-state index in [2.05, 4.69) is 71.3 Å². The molecule has 0 bridgehead atoms. The molecule has 1 heterocycles. The van der Waals surface area contributed by atoms with Crippen LogP contribution >= 0.6 is 0 Å². The second kappa shape index (κ2) is 7.73. The first-order valence-electron chi connectivity index (χ1n) is 7.93. The highest BCUT2D eigenvalue weighted by molar-refractivity contribution is 5.61. The maximum atomic E-state index is 4.62. The monoisotopic (exact) mass is 299 g/mol. The van der Waals surface area contributed by atoms with Crippen molar-refractivity contribution in [1.29, 1.82) is 0 Å². The summed E-state index contributed by atoms with van der Waals surface area (Å²) in [6.07, 6.45) is 3.80. The van der Waals surface area contributed by atoms with Crippen LogP contribution in [0.5, 0.6) is 0 Å². The van der Waals surface area contributed by atoms with Gasteiger partial charge in [-0.25, -0.2) is 0 Å². The predicted molar refractivity (Wildman–Crippen MR) is 91.8 cm³/mol. The molecule has 0 amide bonds. The molecule has 5 heteroatoms. The minimum atomic E-state index is 0.694. The zero-order valence-corrected chi connectivity index (χ0v) is 13.9. The number of nitrogens with one attached hydrogen (secondary N) is 1. The van der Waals surface area contributed by atoms with Gasteiger partial charge in [0.2, 0.25) is 5.95 Å². The molecular weight excluding hydrogens is 274 g/mol. The SMILES string of the molecule is CCCN(CCC)c1nncc(Nc2cc(C)ccc2C)n1.